The zero-order chi connectivity index (χ0) is 17.7. The lowest BCUT2D eigenvalue weighted by Crippen LogP contribution is -2.09. The number of methoxy groups -OCH3 is 1. The highest BCUT2D eigenvalue weighted by Crippen LogP contribution is 2.25. The van der Waals surface area contributed by atoms with Gasteiger partial charge in [0.1, 0.15) is 5.75 Å². The number of amides is 1. The molecule has 2 rings (SSSR count). The summed E-state index contributed by atoms with van der Waals surface area (Å²) in [7, 11) is 1.55. The summed E-state index contributed by atoms with van der Waals surface area (Å²) in [6, 6.07) is 9.76. The van der Waals surface area contributed by atoms with E-state index in [9.17, 15) is 14.9 Å². The molecule has 7 heteroatoms. The average molecular weight is 391 g/mol. The smallest absolute Gasteiger partial charge is 0.271 e. The summed E-state index contributed by atoms with van der Waals surface area (Å²) in [6.45, 7) is 1.76. The molecule has 0 saturated heterocycles. The molecule has 0 saturated carbocycles. The molecule has 0 aliphatic heterocycles. The molecular formula is C17H15BrN2O4. The van der Waals surface area contributed by atoms with Gasteiger partial charge in [-0.15, -0.1) is 0 Å². The fourth-order valence-electron chi connectivity index (χ4n) is 2.03. The molecule has 0 aliphatic rings. The summed E-state index contributed by atoms with van der Waals surface area (Å²) >= 11 is 3.36. The molecule has 6 nitrogen and oxygen atoms in total. The minimum Gasteiger partial charge on any atom is -0.496 e. The molecule has 2 aromatic rings. The number of nitro groups is 1. The minimum atomic E-state index is -0.503. The van der Waals surface area contributed by atoms with Crippen molar-refractivity contribution in [3.8, 4) is 5.75 Å². The fraction of sp³-hybridized carbons (Fsp3) is 0.118. The summed E-state index contributed by atoms with van der Waals surface area (Å²) in [4.78, 5) is 22.4. The van der Waals surface area contributed by atoms with Crippen LogP contribution in [0.25, 0.3) is 6.08 Å². The third kappa shape index (κ3) is 4.42. The van der Waals surface area contributed by atoms with Gasteiger partial charge in [0.25, 0.3) is 5.69 Å². The van der Waals surface area contributed by atoms with Gasteiger partial charge in [0.15, 0.2) is 0 Å². The van der Waals surface area contributed by atoms with E-state index in [4.69, 9.17) is 4.74 Å². The van der Waals surface area contributed by atoms with Gasteiger partial charge in [-0.3, -0.25) is 14.9 Å². The number of benzene rings is 2. The molecule has 0 unspecified atom stereocenters. The SMILES string of the molecule is COc1ccc(Br)cc1/C=C/C(=O)Nc1cc([N+](=O)[O-])ccc1C. The van der Waals surface area contributed by atoms with E-state index in [0.717, 1.165) is 15.6 Å². The van der Waals surface area contributed by atoms with Crippen LogP contribution in [0.5, 0.6) is 5.75 Å². The number of anilines is 1. The number of nitro benzene ring substituents is 1. The molecule has 0 spiro atoms. The van der Waals surface area contributed by atoms with Crippen molar-refractivity contribution in [3.05, 3.63) is 68.2 Å². The van der Waals surface area contributed by atoms with E-state index >= 15 is 0 Å². The van der Waals surface area contributed by atoms with E-state index in [1.54, 1.807) is 32.2 Å². The van der Waals surface area contributed by atoms with Crippen LogP contribution in [0, 0.1) is 17.0 Å². The zero-order valence-electron chi connectivity index (χ0n) is 13.1. The molecule has 0 heterocycles. The number of rotatable bonds is 5. The second kappa shape index (κ2) is 7.74. The number of nitrogens with one attached hydrogen (secondary N) is 1. The molecule has 0 aromatic heterocycles. The summed E-state index contributed by atoms with van der Waals surface area (Å²) < 4.78 is 6.09. The first-order valence-corrected chi connectivity index (χ1v) is 7.77. The normalized spacial score (nSPS) is 10.6. The molecule has 24 heavy (non-hydrogen) atoms. The second-order valence-electron chi connectivity index (χ2n) is 4.97. The third-order valence-corrected chi connectivity index (χ3v) is 3.79. The summed E-state index contributed by atoms with van der Waals surface area (Å²) in [5.74, 6) is 0.245. The lowest BCUT2D eigenvalue weighted by Gasteiger charge is -2.07. The van der Waals surface area contributed by atoms with E-state index in [1.807, 2.05) is 12.1 Å². The molecule has 0 atom stereocenters. The number of carbonyl (C=O) groups is 1. The Balaban J connectivity index is 2.18. The van der Waals surface area contributed by atoms with E-state index in [-0.39, 0.29) is 11.6 Å². The Morgan fingerprint density at radius 3 is 2.71 bits per heavy atom. The van der Waals surface area contributed by atoms with Crippen LogP contribution >= 0.6 is 15.9 Å². The van der Waals surface area contributed by atoms with Crippen LogP contribution in [0.15, 0.2) is 46.9 Å². The van der Waals surface area contributed by atoms with Crippen molar-refractivity contribution >= 4 is 39.3 Å². The van der Waals surface area contributed by atoms with Gasteiger partial charge in [-0.05, 0) is 36.8 Å². The number of aryl methyl sites for hydroxylation is 1. The molecular weight excluding hydrogens is 376 g/mol. The molecule has 0 fully saturated rings. The van der Waals surface area contributed by atoms with Crippen LogP contribution in [0.1, 0.15) is 11.1 Å². The average Bonchev–Trinajstić information content (AvgIpc) is 2.55. The highest BCUT2D eigenvalue weighted by molar-refractivity contribution is 9.10. The molecule has 124 valence electrons. The largest absolute Gasteiger partial charge is 0.496 e. The summed E-state index contributed by atoms with van der Waals surface area (Å²) in [6.07, 6.45) is 2.97. The minimum absolute atomic E-state index is 0.0754. The maximum absolute atomic E-state index is 12.1. The molecule has 1 amide bonds. The van der Waals surface area contributed by atoms with E-state index in [2.05, 4.69) is 21.2 Å². The Kier molecular flexibility index (Phi) is 5.70. The third-order valence-electron chi connectivity index (χ3n) is 3.30. The van der Waals surface area contributed by atoms with Crippen molar-refractivity contribution in [1.29, 1.82) is 0 Å². The quantitative estimate of drug-likeness (QED) is 0.468. The van der Waals surface area contributed by atoms with Crippen LogP contribution < -0.4 is 10.1 Å². The van der Waals surface area contributed by atoms with Crippen molar-refractivity contribution in [2.24, 2.45) is 0 Å². The van der Waals surface area contributed by atoms with Crippen LogP contribution in [-0.2, 0) is 4.79 Å². The Morgan fingerprint density at radius 1 is 1.29 bits per heavy atom. The summed E-state index contributed by atoms with van der Waals surface area (Å²) in [5, 5.41) is 13.5. The van der Waals surface area contributed by atoms with Crippen LogP contribution in [0.3, 0.4) is 0 Å². The van der Waals surface area contributed by atoms with E-state index < -0.39 is 4.92 Å². The van der Waals surface area contributed by atoms with Crippen LogP contribution in [0.2, 0.25) is 0 Å². The standard InChI is InChI=1S/C17H15BrN2O4/c1-11-3-6-14(20(22)23)10-15(11)19-17(21)8-4-12-9-13(18)5-7-16(12)24-2/h3-10H,1-2H3,(H,19,21)/b8-4+. The summed E-state index contributed by atoms with van der Waals surface area (Å²) in [5.41, 5.74) is 1.80. The van der Waals surface area contributed by atoms with Gasteiger partial charge in [-0.1, -0.05) is 22.0 Å². The maximum Gasteiger partial charge on any atom is 0.271 e. The molecule has 0 bridgehead atoms. The number of hydrogen-bond acceptors (Lipinski definition) is 4. The van der Waals surface area contributed by atoms with Gasteiger partial charge in [-0.25, -0.2) is 0 Å². The number of halogens is 1. The lowest BCUT2D eigenvalue weighted by atomic mass is 10.1. The number of hydrogen-bond donors (Lipinski definition) is 1. The second-order valence-corrected chi connectivity index (χ2v) is 5.88. The number of ether oxygens (including phenoxy) is 1. The van der Waals surface area contributed by atoms with Crippen molar-refractivity contribution in [2.75, 3.05) is 12.4 Å². The number of nitrogens with zero attached hydrogens (tertiary/aromatic N) is 1. The molecule has 0 aliphatic carbocycles. The van der Waals surface area contributed by atoms with E-state index in [1.165, 1.54) is 18.2 Å². The van der Waals surface area contributed by atoms with Gasteiger partial charge < -0.3 is 10.1 Å². The number of non-ortho nitro benzene ring substituents is 1. The fourth-order valence-corrected chi connectivity index (χ4v) is 2.41. The highest BCUT2D eigenvalue weighted by Gasteiger charge is 2.10. The predicted molar refractivity (Wildman–Crippen MR) is 96.2 cm³/mol. The monoisotopic (exact) mass is 390 g/mol. The first-order chi connectivity index (χ1) is 11.4. The van der Waals surface area contributed by atoms with Gasteiger partial charge in [0, 0.05) is 28.2 Å². The molecule has 1 N–H and O–H groups in total. The molecule has 0 radical (unpaired) electrons. The Morgan fingerprint density at radius 2 is 2.04 bits per heavy atom. The highest BCUT2D eigenvalue weighted by atomic mass is 79.9. The lowest BCUT2D eigenvalue weighted by molar-refractivity contribution is -0.384. The van der Waals surface area contributed by atoms with Crippen molar-refractivity contribution in [1.82, 2.24) is 0 Å². The van der Waals surface area contributed by atoms with Crippen molar-refractivity contribution in [3.63, 3.8) is 0 Å². The topological polar surface area (TPSA) is 81.5 Å². The van der Waals surface area contributed by atoms with Gasteiger partial charge in [0.2, 0.25) is 5.91 Å². The zero-order valence-corrected chi connectivity index (χ0v) is 14.7. The van der Waals surface area contributed by atoms with Crippen molar-refractivity contribution in [2.45, 2.75) is 6.92 Å². The van der Waals surface area contributed by atoms with Crippen LogP contribution in [-0.4, -0.2) is 17.9 Å². The van der Waals surface area contributed by atoms with Crippen molar-refractivity contribution < 1.29 is 14.5 Å². The Bertz CT molecular complexity index is 818. The molecule has 2 aromatic carbocycles. The predicted octanol–water partition coefficient (Wildman–Crippen LogP) is 4.33. The van der Waals surface area contributed by atoms with Gasteiger partial charge in [0.05, 0.1) is 17.7 Å². The van der Waals surface area contributed by atoms with Crippen LogP contribution in [0.4, 0.5) is 11.4 Å². The Hall–Kier alpha value is -2.67. The first kappa shape index (κ1) is 17.7. The van der Waals surface area contributed by atoms with Gasteiger partial charge >= 0.3 is 0 Å². The maximum atomic E-state index is 12.1. The number of carbonyl (C=O) groups excluding carboxylic acids is 1. The van der Waals surface area contributed by atoms with Gasteiger partial charge in [-0.2, -0.15) is 0 Å². The van der Waals surface area contributed by atoms with E-state index in [0.29, 0.717) is 11.4 Å². The first-order valence-electron chi connectivity index (χ1n) is 6.98. The Labute approximate surface area is 147 Å².